The summed E-state index contributed by atoms with van der Waals surface area (Å²) in [7, 11) is -5.84. The third-order valence-electron chi connectivity index (χ3n) is 2.37. The Morgan fingerprint density at radius 2 is 1.75 bits per heavy atom. The molecule has 5 nitrogen and oxygen atoms in total. The number of hydrogen-bond acceptors (Lipinski definition) is 3. The lowest BCUT2D eigenvalue weighted by atomic mass is 10.1. The maximum Gasteiger partial charge on any atom is 0.522 e. The van der Waals surface area contributed by atoms with Gasteiger partial charge in [-0.2, -0.15) is 21.6 Å². The molecule has 0 spiro atoms. The number of rotatable bonds is 6. The van der Waals surface area contributed by atoms with Crippen molar-refractivity contribution < 1.29 is 26.1 Å². The van der Waals surface area contributed by atoms with Crippen molar-refractivity contribution in [3.8, 4) is 0 Å². The fourth-order valence-electron chi connectivity index (χ4n) is 1.32. The van der Waals surface area contributed by atoms with E-state index in [1.807, 2.05) is 18.7 Å². The first-order valence-corrected chi connectivity index (χ1v) is 7.62. The van der Waals surface area contributed by atoms with Crippen molar-refractivity contribution in [1.82, 2.24) is 9.55 Å². The molecule has 0 saturated carbocycles. The fraction of sp³-hybridized carbons (Fsp3) is 0.727. The number of nitrogens with zero attached hydrogens (tertiary/aromatic N) is 2. The molecule has 0 bridgehead atoms. The summed E-state index contributed by atoms with van der Waals surface area (Å²) in [6.45, 7) is 3.37. The van der Waals surface area contributed by atoms with Gasteiger partial charge in [-0.05, 0) is 6.42 Å². The highest BCUT2D eigenvalue weighted by atomic mass is 32.2. The van der Waals surface area contributed by atoms with Gasteiger partial charge in [0.2, 0.25) is 0 Å². The lowest BCUT2D eigenvalue weighted by Crippen LogP contribution is -2.21. The molecule has 0 aliphatic carbocycles. The highest BCUT2D eigenvalue weighted by Crippen LogP contribution is 2.20. The Labute approximate surface area is 116 Å². The first-order chi connectivity index (χ1) is 9.18. The number of aromatic nitrogens is 2. The summed E-state index contributed by atoms with van der Waals surface area (Å²) >= 11 is 0. The molecule has 0 aliphatic heterocycles. The Bertz CT molecular complexity index is 444. The number of halogens is 3. The molecule has 1 aromatic heterocycles. The molecule has 1 heterocycles. The Morgan fingerprint density at radius 3 is 2.15 bits per heavy atom. The van der Waals surface area contributed by atoms with Gasteiger partial charge in [0.15, 0.2) is 0 Å². The molecule has 0 fully saturated rings. The molecular weight excluding hydrogens is 297 g/mol. The van der Waals surface area contributed by atoms with Gasteiger partial charge in [-0.15, -0.1) is 0 Å². The fourth-order valence-corrected chi connectivity index (χ4v) is 1.32. The van der Waals surface area contributed by atoms with Crippen molar-refractivity contribution in [3.63, 3.8) is 0 Å². The minimum atomic E-state index is -5.84. The zero-order valence-electron chi connectivity index (χ0n) is 11.2. The Balaban J connectivity index is 0.000000396. The van der Waals surface area contributed by atoms with Crippen LogP contribution in [0.3, 0.4) is 0 Å². The van der Waals surface area contributed by atoms with E-state index in [9.17, 15) is 13.2 Å². The van der Waals surface area contributed by atoms with Gasteiger partial charge in [-0.3, -0.25) is 4.55 Å². The summed E-state index contributed by atoms with van der Waals surface area (Å²) in [5, 5.41) is 0. The van der Waals surface area contributed by atoms with Crippen LogP contribution in [0.15, 0.2) is 18.7 Å². The van der Waals surface area contributed by atoms with Gasteiger partial charge in [0.25, 0.3) is 0 Å². The molecule has 1 N–H and O–H groups in total. The van der Waals surface area contributed by atoms with Crippen LogP contribution in [-0.4, -0.2) is 28.0 Å². The zero-order chi connectivity index (χ0) is 15.6. The normalized spacial score (nSPS) is 11.8. The lowest BCUT2D eigenvalue weighted by Gasteiger charge is -2.00. The second-order valence-corrected chi connectivity index (χ2v) is 5.55. The molecule has 1 aromatic rings. The SMILES string of the molecule is CCCCCCCn1ccnc1.O=S(=O)(O)C(F)(F)F. The van der Waals surface area contributed by atoms with E-state index < -0.39 is 15.6 Å². The van der Waals surface area contributed by atoms with Gasteiger partial charge in [-0.1, -0.05) is 32.6 Å². The molecule has 0 amide bonds. The number of alkyl halides is 3. The first-order valence-electron chi connectivity index (χ1n) is 6.18. The quantitative estimate of drug-likeness (QED) is 0.497. The van der Waals surface area contributed by atoms with Crippen LogP contribution in [0.4, 0.5) is 13.2 Å². The molecule has 0 atom stereocenters. The maximum absolute atomic E-state index is 10.7. The van der Waals surface area contributed by atoms with Crippen LogP contribution in [-0.2, 0) is 16.7 Å². The molecule has 0 saturated heterocycles. The number of unbranched alkanes of at least 4 members (excludes halogenated alkanes) is 4. The molecule has 0 aliphatic rings. The molecule has 20 heavy (non-hydrogen) atoms. The van der Waals surface area contributed by atoms with E-state index in [4.69, 9.17) is 13.0 Å². The van der Waals surface area contributed by atoms with Crippen molar-refractivity contribution in [3.05, 3.63) is 18.7 Å². The zero-order valence-corrected chi connectivity index (χ0v) is 12.0. The van der Waals surface area contributed by atoms with Gasteiger partial charge < -0.3 is 4.57 Å². The number of imidazole rings is 1. The van der Waals surface area contributed by atoms with Gasteiger partial charge in [0, 0.05) is 18.9 Å². The third kappa shape index (κ3) is 8.92. The number of hydrogen-bond donors (Lipinski definition) is 1. The molecule has 9 heteroatoms. The van der Waals surface area contributed by atoms with E-state index in [2.05, 4.69) is 16.5 Å². The molecule has 0 radical (unpaired) electrons. The Hall–Kier alpha value is -1.09. The van der Waals surface area contributed by atoms with Gasteiger partial charge in [0.05, 0.1) is 6.33 Å². The minimum absolute atomic E-state index is 1.13. The maximum atomic E-state index is 10.7. The third-order valence-corrected chi connectivity index (χ3v) is 2.96. The summed E-state index contributed by atoms with van der Waals surface area (Å²) in [6, 6.07) is 0. The van der Waals surface area contributed by atoms with Crippen molar-refractivity contribution in [2.45, 2.75) is 51.1 Å². The van der Waals surface area contributed by atoms with E-state index in [0.29, 0.717) is 0 Å². The summed E-state index contributed by atoms with van der Waals surface area (Å²) in [5.74, 6) is 0. The van der Waals surface area contributed by atoms with E-state index in [0.717, 1.165) is 6.54 Å². The molecule has 118 valence electrons. The summed E-state index contributed by atoms with van der Waals surface area (Å²) < 4.78 is 59.7. The highest BCUT2D eigenvalue weighted by Gasteiger charge is 2.44. The van der Waals surface area contributed by atoms with Gasteiger partial charge in [0.1, 0.15) is 0 Å². The average molecular weight is 316 g/mol. The van der Waals surface area contributed by atoms with E-state index >= 15 is 0 Å². The van der Waals surface area contributed by atoms with Gasteiger partial charge in [-0.25, -0.2) is 4.98 Å². The van der Waals surface area contributed by atoms with E-state index in [1.54, 1.807) is 0 Å². The van der Waals surface area contributed by atoms with E-state index in [-0.39, 0.29) is 0 Å². The van der Waals surface area contributed by atoms with Crippen LogP contribution >= 0.6 is 0 Å². The van der Waals surface area contributed by atoms with Crippen LogP contribution in [0.25, 0.3) is 0 Å². The Kier molecular flexibility index (Phi) is 8.47. The predicted octanol–water partition coefficient (Wildman–Crippen LogP) is 3.25. The van der Waals surface area contributed by atoms with Crippen molar-refractivity contribution >= 4 is 10.1 Å². The lowest BCUT2D eigenvalue weighted by molar-refractivity contribution is -0.0510. The van der Waals surface area contributed by atoms with Crippen LogP contribution < -0.4 is 0 Å². The summed E-state index contributed by atoms with van der Waals surface area (Å²) in [4.78, 5) is 4.00. The molecule has 1 rings (SSSR count). The van der Waals surface area contributed by atoms with Crippen molar-refractivity contribution in [2.24, 2.45) is 0 Å². The number of aryl methyl sites for hydroxylation is 1. The van der Waals surface area contributed by atoms with Crippen LogP contribution in [0.2, 0.25) is 0 Å². The first kappa shape index (κ1) is 18.9. The van der Waals surface area contributed by atoms with Crippen LogP contribution in [0.1, 0.15) is 39.0 Å². The second-order valence-electron chi connectivity index (χ2n) is 4.14. The van der Waals surface area contributed by atoms with E-state index in [1.165, 1.54) is 32.1 Å². The summed E-state index contributed by atoms with van der Waals surface area (Å²) in [6.07, 6.45) is 12.5. The van der Waals surface area contributed by atoms with Crippen molar-refractivity contribution in [2.75, 3.05) is 0 Å². The average Bonchev–Trinajstić information content (AvgIpc) is 2.80. The van der Waals surface area contributed by atoms with Crippen LogP contribution in [0.5, 0.6) is 0 Å². The standard InChI is InChI=1S/C10H18N2.CHF3O3S/c1-2-3-4-5-6-8-12-9-7-11-10-12;2-1(3,4)8(5,6)7/h7,9-10H,2-6,8H2,1H3;(H,5,6,7). The minimum Gasteiger partial charge on any atom is -0.337 e. The second kappa shape index (κ2) is 8.96. The molecule has 0 aromatic carbocycles. The largest absolute Gasteiger partial charge is 0.522 e. The highest BCUT2D eigenvalue weighted by molar-refractivity contribution is 7.86. The summed E-state index contributed by atoms with van der Waals surface area (Å²) in [5.41, 5.74) is -5.53. The van der Waals surface area contributed by atoms with Crippen LogP contribution in [0, 0.1) is 0 Å². The van der Waals surface area contributed by atoms with Crippen molar-refractivity contribution in [1.29, 1.82) is 0 Å². The molecular formula is C11H19F3N2O3S. The molecule has 0 unspecified atom stereocenters. The monoisotopic (exact) mass is 316 g/mol. The van der Waals surface area contributed by atoms with Gasteiger partial charge >= 0.3 is 15.6 Å². The smallest absolute Gasteiger partial charge is 0.337 e. The Morgan fingerprint density at radius 1 is 1.20 bits per heavy atom. The topological polar surface area (TPSA) is 72.2 Å². The predicted molar refractivity (Wildman–Crippen MR) is 68.6 cm³/mol.